The molecule has 1 fully saturated rings. The third-order valence-electron chi connectivity index (χ3n) is 4.66. The van der Waals surface area contributed by atoms with E-state index in [0.717, 1.165) is 35.3 Å². The van der Waals surface area contributed by atoms with Crippen molar-refractivity contribution in [1.29, 1.82) is 0 Å². The minimum absolute atomic E-state index is 0.0618. The number of nitrogens with one attached hydrogen (secondary N) is 2. The number of aromatic amines is 2. The minimum Gasteiger partial charge on any atom is -0.340 e. The van der Waals surface area contributed by atoms with Crippen molar-refractivity contribution in [3.63, 3.8) is 0 Å². The number of halogens is 1. The van der Waals surface area contributed by atoms with E-state index in [4.69, 9.17) is 16.6 Å². The molecule has 0 saturated carbocycles. The van der Waals surface area contributed by atoms with Crippen molar-refractivity contribution in [2.75, 3.05) is 6.54 Å². The van der Waals surface area contributed by atoms with Crippen LogP contribution < -0.4 is 5.56 Å². The van der Waals surface area contributed by atoms with Crippen molar-refractivity contribution in [2.24, 2.45) is 0 Å². The van der Waals surface area contributed by atoms with E-state index < -0.39 is 5.56 Å². The molecular weight excluding hydrogens is 340 g/mol. The number of rotatable bonds is 2. The largest absolute Gasteiger partial charge is 0.340 e. The van der Waals surface area contributed by atoms with Crippen LogP contribution in [-0.2, 0) is 0 Å². The first-order chi connectivity index (χ1) is 12.0. The van der Waals surface area contributed by atoms with E-state index in [1.807, 2.05) is 25.1 Å². The predicted octanol–water partition coefficient (Wildman–Crippen LogP) is 3.19. The summed E-state index contributed by atoms with van der Waals surface area (Å²) in [6.45, 7) is 2.60. The number of nitrogens with zero attached hydrogens (tertiary/aromatic N) is 2. The molecule has 3 heterocycles. The molecule has 1 aliphatic heterocycles. The summed E-state index contributed by atoms with van der Waals surface area (Å²) in [6, 6.07) is 7.21. The Morgan fingerprint density at radius 2 is 2.24 bits per heavy atom. The van der Waals surface area contributed by atoms with Crippen molar-refractivity contribution < 1.29 is 4.79 Å². The first-order valence-corrected chi connectivity index (χ1v) is 8.57. The van der Waals surface area contributed by atoms with Crippen molar-refractivity contribution in [2.45, 2.75) is 25.8 Å². The van der Waals surface area contributed by atoms with Crippen molar-refractivity contribution >= 4 is 28.5 Å². The standard InChI is InChI=1S/C18H17ClN4O2/c1-10-4-2-5-13-15(10)22-16(21-13)14-6-3-7-23(14)18(25)12-8-11(19)9-20-17(12)24/h2,4-5,8-9,14H,3,6-7H2,1H3,(H,20,24)(H,21,22)/t14-/m1/s1. The summed E-state index contributed by atoms with van der Waals surface area (Å²) in [7, 11) is 0. The summed E-state index contributed by atoms with van der Waals surface area (Å²) in [5.74, 6) is 0.442. The summed E-state index contributed by atoms with van der Waals surface area (Å²) >= 11 is 5.93. The molecular formula is C18H17ClN4O2. The number of amides is 1. The number of aryl methyl sites for hydroxylation is 1. The molecule has 7 heteroatoms. The summed E-state index contributed by atoms with van der Waals surface area (Å²) in [5, 5.41) is 0.332. The first kappa shape index (κ1) is 15.9. The maximum atomic E-state index is 12.9. The average Bonchev–Trinajstić information content (AvgIpc) is 3.23. The van der Waals surface area contributed by atoms with E-state index in [2.05, 4.69) is 9.97 Å². The van der Waals surface area contributed by atoms with Crippen LogP contribution in [0.1, 0.15) is 40.6 Å². The van der Waals surface area contributed by atoms with Crippen LogP contribution in [-0.4, -0.2) is 32.3 Å². The van der Waals surface area contributed by atoms with Crippen LogP contribution in [0.3, 0.4) is 0 Å². The lowest BCUT2D eigenvalue weighted by Gasteiger charge is -2.22. The number of benzene rings is 1. The quantitative estimate of drug-likeness (QED) is 0.739. The van der Waals surface area contributed by atoms with Gasteiger partial charge in [-0.05, 0) is 37.5 Å². The van der Waals surface area contributed by atoms with Crippen molar-refractivity contribution in [1.82, 2.24) is 19.9 Å². The van der Waals surface area contributed by atoms with Gasteiger partial charge < -0.3 is 14.9 Å². The smallest absolute Gasteiger partial charge is 0.260 e. The van der Waals surface area contributed by atoms with Gasteiger partial charge in [0.1, 0.15) is 11.4 Å². The number of pyridine rings is 1. The third kappa shape index (κ3) is 2.72. The summed E-state index contributed by atoms with van der Waals surface area (Å²) in [6.07, 6.45) is 3.05. The summed E-state index contributed by atoms with van der Waals surface area (Å²) in [5.41, 5.74) is 2.58. The Bertz CT molecular complexity index is 1020. The number of carbonyl (C=O) groups is 1. The lowest BCUT2D eigenvalue weighted by atomic mass is 10.2. The summed E-state index contributed by atoms with van der Waals surface area (Å²) < 4.78 is 0. The fourth-order valence-electron chi connectivity index (χ4n) is 3.42. The van der Waals surface area contributed by atoms with E-state index in [-0.39, 0.29) is 17.5 Å². The van der Waals surface area contributed by atoms with Crippen LogP contribution in [0, 0.1) is 6.92 Å². The fourth-order valence-corrected chi connectivity index (χ4v) is 3.58. The first-order valence-electron chi connectivity index (χ1n) is 8.19. The van der Waals surface area contributed by atoms with Gasteiger partial charge >= 0.3 is 0 Å². The normalized spacial score (nSPS) is 17.4. The molecule has 1 aromatic carbocycles. The Balaban J connectivity index is 1.72. The monoisotopic (exact) mass is 356 g/mol. The highest BCUT2D eigenvalue weighted by Crippen LogP contribution is 2.32. The van der Waals surface area contributed by atoms with Gasteiger partial charge in [-0.15, -0.1) is 0 Å². The molecule has 0 radical (unpaired) electrons. The van der Waals surface area contributed by atoms with Gasteiger partial charge in [0.2, 0.25) is 0 Å². The minimum atomic E-state index is -0.430. The topological polar surface area (TPSA) is 81.9 Å². The molecule has 1 saturated heterocycles. The Hall–Kier alpha value is -2.60. The molecule has 2 N–H and O–H groups in total. The lowest BCUT2D eigenvalue weighted by Crippen LogP contribution is -2.34. The van der Waals surface area contributed by atoms with Crippen molar-refractivity contribution in [3.05, 3.63) is 62.8 Å². The number of carbonyl (C=O) groups excluding carboxylic acids is 1. The lowest BCUT2D eigenvalue weighted by molar-refractivity contribution is 0.0728. The number of H-pyrrole nitrogens is 2. The highest BCUT2D eigenvalue weighted by molar-refractivity contribution is 6.30. The summed E-state index contributed by atoms with van der Waals surface area (Å²) in [4.78, 5) is 37.1. The number of para-hydroxylation sites is 1. The molecule has 0 spiro atoms. The van der Waals surface area contributed by atoms with E-state index in [0.29, 0.717) is 11.6 Å². The molecule has 0 aliphatic carbocycles. The number of hydrogen-bond donors (Lipinski definition) is 2. The molecule has 4 rings (SSSR count). The second-order valence-electron chi connectivity index (χ2n) is 6.31. The fraction of sp³-hybridized carbons (Fsp3) is 0.278. The van der Waals surface area contributed by atoms with Gasteiger partial charge in [0.05, 0.1) is 22.1 Å². The molecule has 0 unspecified atom stereocenters. The average molecular weight is 357 g/mol. The Morgan fingerprint density at radius 3 is 3.04 bits per heavy atom. The Morgan fingerprint density at radius 1 is 1.40 bits per heavy atom. The van der Waals surface area contributed by atoms with Crippen LogP contribution in [0.4, 0.5) is 0 Å². The van der Waals surface area contributed by atoms with Gasteiger partial charge in [-0.25, -0.2) is 4.98 Å². The number of aromatic nitrogens is 3. The second kappa shape index (κ2) is 6.04. The van der Waals surface area contributed by atoms with Crippen LogP contribution in [0.15, 0.2) is 35.3 Å². The zero-order valence-electron chi connectivity index (χ0n) is 13.7. The van der Waals surface area contributed by atoms with Crippen molar-refractivity contribution in [3.8, 4) is 0 Å². The van der Waals surface area contributed by atoms with Crippen LogP contribution in [0.2, 0.25) is 5.02 Å². The predicted molar refractivity (Wildman–Crippen MR) is 95.9 cm³/mol. The number of likely N-dealkylation sites (tertiary alicyclic amines) is 1. The second-order valence-corrected chi connectivity index (χ2v) is 6.75. The zero-order valence-corrected chi connectivity index (χ0v) is 14.4. The van der Waals surface area contributed by atoms with Crippen LogP contribution in [0.25, 0.3) is 11.0 Å². The van der Waals surface area contributed by atoms with Gasteiger partial charge in [-0.3, -0.25) is 9.59 Å². The van der Waals surface area contributed by atoms with E-state index >= 15 is 0 Å². The molecule has 25 heavy (non-hydrogen) atoms. The van der Waals surface area contributed by atoms with E-state index in [9.17, 15) is 9.59 Å². The van der Waals surface area contributed by atoms with E-state index in [1.54, 1.807) is 4.90 Å². The highest BCUT2D eigenvalue weighted by Gasteiger charge is 2.33. The number of hydrogen-bond acceptors (Lipinski definition) is 3. The van der Waals surface area contributed by atoms with Gasteiger partial charge in [-0.1, -0.05) is 23.7 Å². The molecule has 0 bridgehead atoms. The van der Waals surface area contributed by atoms with Gasteiger partial charge in [0.15, 0.2) is 0 Å². The number of fused-ring (bicyclic) bond motifs is 1. The number of imidazole rings is 1. The third-order valence-corrected chi connectivity index (χ3v) is 4.88. The van der Waals surface area contributed by atoms with E-state index in [1.165, 1.54) is 12.3 Å². The van der Waals surface area contributed by atoms with Crippen LogP contribution in [0.5, 0.6) is 0 Å². The van der Waals surface area contributed by atoms with Gasteiger partial charge in [0.25, 0.3) is 11.5 Å². The SMILES string of the molecule is Cc1cccc2[nH]c([C@H]3CCCN3C(=O)c3cc(Cl)c[nH]c3=O)nc12. The molecule has 6 nitrogen and oxygen atoms in total. The maximum absolute atomic E-state index is 12.9. The van der Waals surface area contributed by atoms with Gasteiger partial charge in [-0.2, -0.15) is 0 Å². The van der Waals surface area contributed by atoms with Crippen LogP contribution >= 0.6 is 11.6 Å². The zero-order chi connectivity index (χ0) is 17.6. The molecule has 128 valence electrons. The molecule has 1 aliphatic rings. The Labute approximate surface area is 148 Å². The molecule has 1 amide bonds. The molecule has 3 aromatic rings. The Kier molecular flexibility index (Phi) is 3.84. The maximum Gasteiger partial charge on any atom is 0.260 e. The molecule has 2 aromatic heterocycles. The highest BCUT2D eigenvalue weighted by atomic mass is 35.5. The molecule has 1 atom stereocenters. The van der Waals surface area contributed by atoms with Gasteiger partial charge in [0, 0.05) is 12.7 Å².